The summed E-state index contributed by atoms with van der Waals surface area (Å²) >= 11 is 5.96. The van der Waals surface area contributed by atoms with E-state index in [-0.39, 0.29) is 10.6 Å². The minimum Gasteiger partial charge on any atom is -0.331 e. The van der Waals surface area contributed by atoms with Crippen LogP contribution in [0.5, 0.6) is 0 Å². The Kier molecular flexibility index (Phi) is 5.41. The number of hydrogen-bond donors (Lipinski definition) is 2. The highest BCUT2D eigenvalue weighted by molar-refractivity contribution is 6.30. The molecule has 0 atom stereocenters. The molecule has 0 radical (unpaired) electrons. The number of nitrogens with one attached hydrogen (secondary N) is 2. The van der Waals surface area contributed by atoms with Gasteiger partial charge in [-0.25, -0.2) is 0 Å². The number of nitro groups is 1. The Morgan fingerprint density at radius 2 is 1.79 bits per heavy atom. The summed E-state index contributed by atoms with van der Waals surface area (Å²) in [7, 11) is 0. The van der Waals surface area contributed by atoms with Crippen molar-refractivity contribution < 1.29 is 9.82 Å². The summed E-state index contributed by atoms with van der Waals surface area (Å²) in [5, 5.41) is 19.2. The standard InChI is InChI=1S/C21H21ClN4O2/c22-18-5-3-16(4-6-18)20-13-21(24-23-20)17-9-11-25(12-10-17)14-15-1-7-19(8-2-15)26(27)28/h1-8,13,17H,9-12,14H2,(H,23,24)/p+1. The number of hydrogen-bond acceptors (Lipinski definition) is 3. The van der Waals surface area contributed by atoms with Crippen molar-refractivity contribution in [3.8, 4) is 11.3 Å². The van der Waals surface area contributed by atoms with E-state index >= 15 is 0 Å². The molecule has 144 valence electrons. The van der Waals surface area contributed by atoms with E-state index in [0.29, 0.717) is 5.92 Å². The lowest BCUT2D eigenvalue weighted by atomic mass is 9.93. The van der Waals surface area contributed by atoms with Crippen molar-refractivity contribution in [3.05, 3.63) is 81.0 Å². The second-order valence-electron chi connectivity index (χ2n) is 7.34. The summed E-state index contributed by atoms with van der Waals surface area (Å²) in [6.45, 7) is 3.07. The topological polar surface area (TPSA) is 76.3 Å². The zero-order valence-electron chi connectivity index (χ0n) is 15.4. The van der Waals surface area contributed by atoms with E-state index in [2.05, 4.69) is 16.3 Å². The van der Waals surface area contributed by atoms with E-state index in [9.17, 15) is 10.1 Å². The molecule has 0 spiro atoms. The lowest BCUT2D eigenvalue weighted by molar-refractivity contribution is -0.919. The number of aromatic nitrogens is 2. The number of piperidine rings is 1. The van der Waals surface area contributed by atoms with Crippen LogP contribution in [0.15, 0.2) is 54.6 Å². The molecule has 3 aromatic rings. The Morgan fingerprint density at radius 3 is 2.43 bits per heavy atom. The molecule has 0 unspecified atom stereocenters. The quantitative estimate of drug-likeness (QED) is 0.510. The van der Waals surface area contributed by atoms with Gasteiger partial charge in [0.25, 0.3) is 5.69 Å². The van der Waals surface area contributed by atoms with E-state index in [4.69, 9.17) is 11.6 Å². The van der Waals surface area contributed by atoms with Crippen LogP contribution in [-0.2, 0) is 6.54 Å². The Hall–Kier alpha value is -2.70. The second-order valence-corrected chi connectivity index (χ2v) is 7.78. The summed E-state index contributed by atoms with van der Waals surface area (Å²) in [5.74, 6) is 0.495. The molecule has 0 bridgehead atoms. The molecule has 4 rings (SSSR count). The molecule has 1 saturated heterocycles. The normalized spacial score (nSPS) is 19.5. The molecule has 1 aliphatic heterocycles. The van der Waals surface area contributed by atoms with Crippen LogP contribution in [0.25, 0.3) is 11.3 Å². The first-order valence-electron chi connectivity index (χ1n) is 9.46. The SMILES string of the molecule is O=[N+]([O-])c1ccc(C[NH+]2CCC(c3cc(-c4ccc(Cl)cc4)n[nH]3)CC2)cc1. The van der Waals surface area contributed by atoms with Gasteiger partial charge in [-0.2, -0.15) is 5.10 Å². The highest BCUT2D eigenvalue weighted by Gasteiger charge is 2.25. The number of benzene rings is 2. The number of aromatic amines is 1. The molecule has 7 heteroatoms. The maximum Gasteiger partial charge on any atom is 0.269 e. The fraction of sp³-hybridized carbons (Fsp3) is 0.286. The lowest BCUT2D eigenvalue weighted by Crippen LogP contribution is -3.11. The van der Waals surface area contributed by atoms with Gasteiger partial charge in [0, 0.05) is 52.7 Å². The van der Waals surface area contributed by atoms with E-state index < -0.39 is 0 Å². The average molecular weight is 398 g/mol. The third-order valence-corrected chi connectivity index (χ3v) is 5.72. The molecule has 6 nitrogen and oxygen atoms in total. The molecular weight excluding hydrogens is 376 g/mol. The van der Waals surface area contributed by atoms with Gasteiger partial charge < -0.3 is 4.90 Å². The summed E-state index contributed by atoms with van der Waals surface area (Å²) in [6.07, 6.45) is 2.20. The predicted octanol–water partition coefficient (Wildman–Crippen LogP) is 3.60. The first kappa shape index (κ1) is 18.7. The zero-order valence-corrected chi connectivity index (χ0v) is 16.2. The molecule has 1 fully saturated rings. The van der Waals surface area contributed by atoms with E-state index in [1.807, 2.05) is 36.4 Å². The van der Waals surface area contributed by atoms with Crippen molar-refractivity contribution >= 4 is 17.3 Å². The van der Waals surface area contributed by atoms with Crippen LogP contribution in [0, 0.1) is 10.1 Å². The van der Waals surface area contributed by atoms with Crippen molar-refractivity contribution in [2.45, 2.75) is 25.3 Å². The molecule has 2 aromatic carbocycles. The van der Waals surface area contributed by atoms with Crippen LogP contribution in [0.1, 0.15) is 30.0 Å². The van der Waals surface area contributed by atoms with Crippen LogP contribution >= 0.6 is 11.6 Å². The second kappa shape index (κ2) is 8.12. The number of halogens is 1. The van der Waals surface area contributed by atoms with Crippen molar-refractivity contribution in [2.24, 2.45) is 0 Å². The van der Waals surface area contributed by atoms with Crippen molar-refractivity contribution in [3.63, 3.8) is 0 Å². The molecule has 0 aliphatic carbocycles. The van der Waals surface area contributed by atoms with Crippen molar-refractivity contribution in [2.75, 3.05) is 13.1 Å². The van der Waals surface area contributed by atoms with Gasteiger partial charge in [0.05, 0.1) is 23.7 Å². The highest BCUT2D eigenvalue weighted by Crippen LogP contribution is 2.27. The minimum absolute atomic E-state index is 0.146. The third kappa shape index (κ3) is 4.24. The number of H-pyrrole nitrogens is 1. The van der Waals surface area contributed by atoms with E-state index in [0.717, 1.165) is 54.3 Å². The van der Waals surface area contributed by atoms with Gasteiger partial charge in [0.15, 0.2) is 0 Å². The van der Waals surface area contributed by atoms with Crippen LogP contribution in [-0.4, -0.2) is 28.2 Å². The predicted molar refractivity (Wildman–Crippen MR) is 109 cm³/mol. The Labute approximate surface area is 168 Å². The molecule has 1 aromatic heterocycles. The monoisotopic (exact) mass is 397 g/mol. The van der Waals surface area contributed by atoms with Gasteiger partial charge >= 0.3 is 0 Å². The van der Waals surface area contributed by atoms with Gasteiger partial charge in [-0.05, 0) is 30.3 Å². The molecule has 2 N–H and O–H groups in total. The lowest BCUT2D eigenvalue weighted by Gasteiger charge is -2.28. The number of quaternary nitrogens is 1. The van der Waals surface area contributed by atoms with Crippen LogP contribution in [0.3, 0.4) is 0 Å². The van der Waals surface area contributed by atoms with Gasteiger partial charge in [0.1, 0.15) is 6.54 Å². The number of rotatable bonds is 5. The van der Waals surface area contributed by atoms with Gasteiger partial charge in [0.2, 0.25) is 0 Å². The number of nitrogens with zero attached hydrogens (tertiary/aromatic N) is 2. The number of nitro benzene ring substituents is 1. The van der Waals surface area contributed by atoms with E-state index in [1.54, 1.807) is 12.1 Å². The van der Waals surface area contributed by atoms with Crippen molar-refractivity contribution in [1.82, 2.24) is 10.2 Å². The number of non-ortho nitro benzene ring substituents is 1. The summed E-state index contributed by atoms with van der Waals surface area (Å²) in [5.41, 5.74) is 4.50. The maximum absolute atomic E-state index is 10.8. The Morgan fingerprint density at radius 1 is 1.11 bits per heavy atom. The average Bonchev–Trinajstić information content (AvgIpc) is 3.20. The fourth-order valence-corrected chi connectivity index (χ4v) is 3.98. The Balaban J connectivity index is 1.34. The molecule has 2 heterocycles. The molecule has 0 amide bonds. The van der Waals surface area contributed by atoms with Gasteiger partial charge in [-0.15, -0.1) is 0 Å². The van der Waals surface area contributed by atoms with Gasteiger partial charge in [-0.3, -0.25) is 15.2 Å². The molecule has 1 aliphatic rings. The smallest absolute Gasteiger partial charge is 0.269 e. The van der Waals surface area contributed by atoms with Crippen LogP contribution < -0.4 is 4.90 Å². The first-order valence-corrected chi connectivity index (χ1v) is 9.84. The Bertz CT molecular complexity index is 945. The van der Waals surface area contributed by atoms with Gasteiger partial charge in [-0.1, -0.05) is 23.7 Å². The summed E-state index contributed by atoms with van der Waals surface area (Å²) < 4.78 is 0. The largest absolute Gasteiger partial charge is 0.331 e. The number of likely N-dealkylation sites (tertiary alicyclic amines) is 1. The zero-order chi connectivity index (χ0) is 19.5. The van der Waals surface area contributed by atoms with E-state index in [1.165, 1.54) is 10.6 Å². The molecule has 0 saturated carbocycles. The maximum atomic E-state index is 10.8. The summed E-state index contributed by atoms with van der Waals surface area (Å²) in [4.78, 5) is 11.9. The summed E-state index contributed by atoms with van der Waals surface area (Å²) in [6, 6.07) is 16.8. The van der Waals surface area contributed by atoms with Crippen LogP contribution in [0.2, 0.25) is 5.02 Å². The third-order valence-electron chi connectivity index (χ3n) is 5.47. The fourth-order valence-electron chi connectivity index (χ4n) is 3.85. The molecule has 28 heavy (non-hydrogen) atoms. The molecular formula is C21H22ClN4O2+. The van der Waals surface area contributed by atoms with Crippen molar-refractivity contribution in [1.29, 1.82) is 0 Å². The highest BCUT2D eigenvalue weighted by atomic mass is 35.5. The minimum atomic E-state index is -0.356. The first-order chi connectivity index (χ1) is 13.6. The van der Waals surface area contributed by atoms with Crippen LogP contribution in [0.4, 0.5) is 5.69 Å².